The highest BCUT2D eigenvalue weighted by Gasteiger charge is 2.39. The number of aliphatic hydroxyl groups excluding tert-OH is 1. The van der Waals surface area contributed by atoms with E-state index in [2.05, 4.69) is 10.2 Å². The molecule has 6 nitrogen and oxygen atoms in total. The summed E-state index contributed by atoms with van der Waals surface area (Å²) in [5, 5.41) is 13.3. The maximum absolute atomic E-state index is 12.2. The maximum atomic E-state index is 12.2. The van der Waals surface area contributed by atoms with Crippen LogP contribution < -0.4 is 5.32 Å². The fraction of sp³-hybridized carbons (Fsp3) is 0.952. The fourth-order valence-electron chi connectivity index (χ4n) is 5.04. The predicted molar refractivity (Wildman–Crippen MR) is 102 cm³/mol. The van der Waals surface area contributed by atoms with Crippen molar-refractivity contribution in [3.63, 3.8) is 0 Å². The molecule has 2 aliphatic heterocycles. The van der Waals surface area contributed by atoms with E-state index < -0.39 is 6.10 Å². The van der Waals surface area contributed by atoms with Gasteiger partial charge in [0.1, 0.15) is 0 Å². The predicted octanol–water partition coefficient (Wildman–Crippen LogP) is 1.70. The van der Waals surface area contributed by atoms with Crippen molar-refractivity contribution in [1.29, 1.82) is 0 Å². The lowest BCUT2D eigenvalue weighted by Gasteiger charge is -2.45. The molecule has 2 heterocycles. The molecule has 6 heteroatoms. The van der Waals surface area contributed by atoms with E-state index in [4.69, 9.17) is 9.47 Å². The minimum absolute atomic E-state index is 0.00765. The number of carbonyl (C=O) groups excluding carboxylic acids is 1. The highest BCUT2D eigenvalue weighted by molar-refractivity contribution is 5.76. The highest BCUT2D eigenvalue weighted by Crippen LogP contribution is 2.32. The number of carbonyl (C=O) groups is 1. The Balaban J connectivity index is 1.32. The van der Waals surface area contributed by atoms with Crippen LogP contribution in [-0.4, -0.2) is 73.1 Å². The van der Waals surface area contributed by atoms with Crippen LogP contribution in [0.1, 0.15) is 57.8 Å². The van der Waals surface area contributed by atoms with Crippen LogP contribution in [0.15, 0.2) is 0 Å². The Morgan fingerprint density at radius 1 is 1.04 bits per heavy atom. The Hall–Kier alpha value is -0.690. The van der Waals surface area contributed by atoms with Gasteiger partial charge < -0.3 is 19.9 Å². The summed E-state index contributed by atoms with van der Waals surface area (Å²) in [6, 6.07) is 0.298. The van der Waals surface area contributed by atoms with Crippen LogP contribution in [0.3, 0.4) is 0 Å². The summed E-state index contributed by atoms with van der Waals surface area (Å²) in [5.74, 6) is 1.58. The third-order valence-corrected chi connectivity index (χ3v) is 6.75. The number of nitrogens with zero attached hydrogens (tertiary/aromatic N) is 1. The Labute approximate surface area is 163 Å². The standard InChI is InChI=1S/C21H36N2O4/c24-17-12-23(11-16-3-1-2-4-16)19-8-7-18(27-20(19)14-26-13-17)9-21(25)22-10-15-5-6-15/h15-20,24H,1-14H2,(H,22,25)/t17-,18+,19-,20+/m1/s1. The van der Waals surface area contributed by atoms with Gasteiger partial charge in [-0.15, -0.1) is 0 Å². The molecule has 0 bridgehead atoms. The molecule has 0 spiro atoms. The summed E-state index contributed by atoms with van der Waals surface area (Å²) in [7, 11) is 0. The molecule has 2 saturated heterocycles. The van der Waals surface area contributed by atoms with Crippen LogP contribution in [0.4, 0.5) is 0 Å². The first kappa shape index (κ1) is 19.6. The molecule has 0 aromatic heterocycles. The van der Waals surface area contributed by atoms with Crippen LogP contribution in [0, 0.1) is 11.8 Å². The van der Waals surface area contributed by atoms with E-state index in [9.17, 15) is 9.90 Å². The average Bonchev–Trinajstić information content (AvgIpc) is 3.33. The Kier molecular flexibility index (Phi) is 6.69. The Morgan fingerprint density at radius 2 is 1.85 bits per heavy atom. The van der Waals surface area contributed by atoms with E-state index in [1.165, 1.54) is 38.5 Å². The number of hydrogen-bond acceptors (Lipinski definition) is 5. The number of hydrogen-bond donors (Lipinski definition) is 2. The van der Waals surface area contributed by atoms with Crippen molar-refractivity contribution in [2.45, 2.75) is 82.1 Å². The first-order valence-corrected chi connectivity index (χ1v) is 11.1. The van der Waals surface area contributed by atoms with Crippen LogP contribution in [0.25, 0.3) is 0 Å². The van der Waals surface area contributed by atoms with Crippen molar-refractivity contribution in [2.75, 3.05) is 32.8 Å². The van der Waals surface area contributed by atoms with Gasteiger partial charge in [0.15, 0.2) is 0 Å². The van der Waals surface area contributed by atoms with Gasteiger partial charge in [0.05, 0.1) is 37.9 Å². The van der Waals surface area contributed by atoms with E-state index in [-0.39, 0.29) is 18.1 Å². The molecule has 0 unspecified atom stereocenters. The number of fused-ring (bicyclic) bond motifs is 1. The number of rotatable bonds is 6. The third-order valence-electron chi connectivity index (χ3n) is 6.75. The molecule has 2 saturated carbocycles. The number of ether oxygens (including phenoxy) is 2. The minimum Gasteiger partial charge on any atom is -0.389 e. The molecule has 4 atom stereocenters. The molecule has 0 aromatic rings. The fourth-order valence-corrected chi connectivity index (χ4v) is 5.04. The molecule has 2 aliphatic carbocycles. The molecule has 4 fully saturated rings. The third kappa shape index (κ3) is 5.66. The van der Waals surface area contributed by atoms with Gasteiger partial charge in [-0.3, -0.25) is 9.69 Å². The van der Waals surface area contributed by atoms with Crippen molar-refractivity contribution in [2.24, 2.45) is 11.8 Å². The van der Waals surface area contributed by atoms with Crippen LogP contribution >= 0.6 is 0 Å². The summed E-state index contributed by atoms with van der Waals surface area (Å²) >= 11 is 0. The van der Waals surface area contributed by atoms with Gasteiger partial charge in [0.25, 0.3) is 0 Å². The lowest BCUT2D eigenvalue weighted by atomic mass is 9.93. The van der Waals surface area contributed by atoms with Gasteiger partial charge >= 0.3 is 0 Å². The van der Waals surface area contributed by atoms with Gasteiger partial charge in [0, 0.05) is 25.7 Å². The molecule has 0 radical (unpaired) electrons. The zero-order valence-electron chi connectivity index (χ0n) is 16.5. The monoisotopic (exact) mass is 380 g/mol. The second kappa shape index (κ2) is 9.21. The maximum Gasteiger partial charge on any atom is 0.222 e. The average molecular weight is 381 g/mol. The lowest BCUT2D eigenvalue weighted by molar-refractivity contribution is -0.158. The minimum atomic E-state index is -0.418. The number of aliphatic hydroxyl groups is 1. The lowest BCUT2D eigenvalue weighted by Crippen LogP contribution is -2.56. The number of nitrogens with one attached hydrogen (secondary N) is 1. The van der Waals surface area contributed by atoms with Crippen LogP contribution in [-0.2, 0) is 14.3 Å². The summed E-state index contributed by atoms with van der Waals surface area (Å²) < 4.78 is 12.1. The van der Waals surface area contributed by atoms with Crippen LogP contribution in [0.2, 0.25) is 0 Å². The van der Waals surface area contributed by atoms with Gasteiger partial charge in [-0.05, 0) is 50.4 Å². The largest absolute Gasteiger partial charge is 0.389 e. The van der Waals surface area contributed by atoms with E-state index in [1.807, 2.05) is 0 Å². The summed E-state index contributed by atoms with van der Waals surface area (Å²) in [5.41, 5.74) is 0. The topological polar surface area (TPSA) is 71.0 Å². The van der Waals surface area contributed by atoms with Crippen molar-refractivity contribution < 1.29 is 19.4 Å². The van der Waals surface area contributed by atoms with E-state index in [0.717, 1.165) is 31.8 Å². The molecule has 1 amide bonds. The molecule has 4 aliphatic rings. The number of amides is 1. The van der Waals surface area contributed by atoms with Crippen molar-refractivity contribution in [1.82, 2.24) is 10.2 Å². The molecule has 2 N–H and O–H groups in total. The summed E-state index contributed by atoms with van der Waals surface area (Å²) in [4.78, 5) is 14.7. The van der Waals surface area contributed by atoms with E-state index in [1.54, 1.807) is 0 Å². The molecule has 4 rings (SSSR count). The molecular formula is C21H36N2O4. The highest BCUT2D eigenvalue weighted by atomic mass is 16.5. The molecule has 0 aromatic carbocycles. The Morgan fingerprint density at radius 3 is 2.63 bits per heavy atom. The van der Waals surface area contributed by atoms with Gasteiger partial charge in [0.2, 0.25) is 5.91 Å². The molecular weight excluding hydrogens is 344 g/mol. The van der Waals surface area contributed by atoms with Gasteiger partial charge in [-0.1, -0.05) is 12.8 Å². The van der Waals surface area contributed by atoms with Gasteiger partial charge in [-0.2, -0.15) is 0 Å². The van der Waals surface area contributed by atoms with Crippen molar-refractivity contribution in [3.05, 3.63) is 0 Å². The van der Waals surface area contributed by atoms with Crippen LogP contribution in [0.5, 0.6) is 0 Å². The number of β-amino-alcohol motifs (C(OH)–C–C–N with tert-alkyl or cyclic N) is 1. The quantitative estimate of drug-likeness (QED) is 0.734. The van der Waals surface area contributed by atoms with Crippen molar-refractivity contribution >= 4 is 5.91 Å². The SMILES string of the molecule is O=C(C[C@@H]1CC[C@@H]2[C@H](COC[C@H](O)CN2CC2CCCC2)O1)NCC1CC1. The van der Waals surface area contributed by atoms with Gasteiger partial charge in [-0.25, -0.2) is 0 Å². The molecule has 154 valence electrons. The summed E-state index contributed by atoms with van der Waals surface area (Å²) in [6.07, 6.45) is 9.79. The summed E-state index contributed by atoms with van der Waals surface area (Å²) in [6.45, 7) is 3.46. The Bertz CT molecular complexity index is 493. The van der Waals surface area contributed by atoms with E-state index >= 15 is 0 Å². The second-order valence-electron chi connectivity index (χ2n) is 9.19. The molecule has 27 heavy (non-hydrogen) atoms. The second-order valence-corrected chi connectivity index (χ2v) is 9.19. The first-order valence-electron chi connectivity index (χ1n) is 11.1. The smallest absolute Gasteiger partial charge is 0.222 e. The van der Waals surface area contributed by atoms with Crippen molar-refractivity contribution in [3.8, 4) is 0 Å². The first-order chi connectivity index (χ1) is 13.2. The zero-order valence-corrected chi connectivity index (χ0v) is 16.5. The normalized spacial score (nSPS) is 36.0. The van der Waals surface area contributed by atoms with E-state index in [0.29, 0.717) is 38.1 Å². The zero-order chi connectivity index (χ0) is 18.6.